The van der Waals surface area contributed by atoms with Crippen LogP contribution in [0.1, 0.15) is 23.2 Å². The highest BCUT2D eigenvalue weighted by Gasteiger charge is 2.22. The Labute approximate surface area is 92.2 Å². The molecule has 1 heterocycles. The summed E-state index contributed by atoms with van der Waals surface area (Å²) >= 11 is 0. The van der Waals surface area contributed by atoms with Gasteiger partial charge in [0.05, 0.1) is 12.2 Å². The van der Waals surface area contributed by atoms with E-state index in [1.54, 1.807) is 0 Å². The predicted octanol–water partition coefficient (Wildman–Crippen LogP) is 1.70. The summed E-state index contributed by atoms with van der Waals surface area (Å²) in [5.41, 5.74) is 0.0586. The van der Waals surface area contributed by atoms with Gasteiger partial charge in [0, 0.05) is 12.6 Å². The van der Waals surface area contributed by atoms with Crippen LogP contribution in [0.5, 0.6) is 5.75 Å². The molecule has 0 bridgehead atoms. The van der Waals surface area contributed by atoms with Gasteiger partial charge in [-0.2, -0.15) is 0 Å². The number of amides is 1. The minimum atomic E-state index is -0.575. The van der Waals surface area contributed by atoms with Crippen LogP contribution in [0.4, 0.5) is 4.39 Å². The Bertz CT molecular complexity index is 402. The van der Waals surface area contributed by atoms with E-state index in [2.05, 4.69) is 0 Å². The average Bonchev–Trinajstić information content (AvgIpc) is 2.29. The Morgan fingerprint density at radius 2 is 2.25 bits per heavy atom. The standard InChI is InChI=1S/C11H12FNO3/c12-8-3-4-9(10(14)7-8)11(15)13-5-1-2-6-16-13/h3-4,7,14H,1-2,5-6H2. The van der Waals surface area contributed by atoms with Gasteiger partial charge in [-0.3, -0.25) is 9.63 Å². The molecule has 0 aliphatic carbocycles. The minimum absolute atomic E-state index is 0.0586. The lowest BCUT2D eigenvalue weighted by molar-refractivity contribution is -0.144. The molecule has 86 valence electrons. The van der Waals surface area contributed by atoms with Gasteiger partial charge in [0.2, 0.25) is 0 Å². The molecule has 1 aliphatic rings. The van der Waals surface area contributed by atoms with E-state index >= 15 is 0 Å². The van der Waals surface area contributed by atoms with Crippen LogP contribution in [-0.4, -0.2) is 29.2 Å². The van der Waals surface area contributed by atoms with Gasteiger partial charge in [-0.05, 0) is 25.0 Å². The summed E-state index contributed by atoms with van der Waals surface area (Å²) in [4.78, 5) is 17.0. The van der Waals surface area contributed by atoms with Gasteiger partial charge in [0.15, 0.2) is 0 Å². The lowest BCUT2D eigenvalue weighted by atomic mass is 10.1. The van der Waals surface area contributed by atoms with Crippen LogP contribution in [0.2, 0.25) is 0 Å². The molecule has 1 fully saturated rings. The van der Waals surface area contributed by atoms with Gasteiger partial charge in [-0.15, -0.1) is 0 Å². The van der Waals surface area contributed by atoms with E-state index in [9.17, 15) is 14.3 Å². The van der Waals surface area contributed by atoms with Crippen LogP contribution < -0.4 is 0 Å². The van der Waals surface area contributed by atoms with Crippen molar-refractivity contribution in [2.75, 3.05) is 13.2 Å². The molecule has 1 N–H and O–H groups in total. The highest BCUT2D eigenvalue weighted by Crippen LogP contribution is 2.21. The zero-order valence-electron chi connectivity index (χ0n) is 8.65. The summed E-state index contributed by atoms with van der Waals surface area (Å²) in [6.07, 6.45) is 1.78. The third kappa shape index (κ3) is 2.14. The fraction of sp³-hybridized carbons (Fsp3) is 0.364. The van der Waals surface area contributed by atoms with Crippen molar-refractivity contribution in [3.05, 3.63) is 29.6 Å². The van der Waals surface area contributed by atoms with Crippen molar-refractivity contribution in [3.8, 4) is 5.75 Å². The quantitative estimate of drug-likeness (QED) is 0.791. The van der Waals surface area contributed by atoms with Crippen molar-refractivity contribution in [1.82, 2.24) is 5.06 Å². The summed E-state index contributed by atoms with van der Waals surface area (Å²) in [6.45, 7) is 0.989. The van der Waals surface area contributed by atoms with Crippen LogP contribution in [-0.2, 0) is 4.84 Å². The Kier molecular flexibility index (Phi) is 3.05. The fourth-order valence-corrected chi connectivity index (χ4v) is 1.58. The van der Waals surface area contributed by atoms with Crippen LogP contribution >= 0.6 is 0 Å². The maximum absolute atomic E-state index is 12.7. The topological polar surface area (TPSA) is 49.8 Å². The average molecular weight is 225 g/mol. The van der Waals surface area contributed by atoms with Gasteiger partial charge >= 0.3 is 0 Å². The second-order valence-corrected chi connectivity index (χ2v) is 3.61. The molecule has 16 heavy (non-hydrogen) atoms. The molecule has 1 saturated heterocycles. The lowest BCUT2D eigenvalue weighted by Crippen LogP contribution is -2.35. The van der Waals surface area contributed by atoms with Crippen molar-refractivity contribution >= 4 is 5.91 Å². The fourth-order valence-electron chi connectivity index (χ4n) is 1.58. The van der Waals surface area contributed by atoms with Gasteiger partial charge in [-0.1, -0.05) is 0 Å². The Morgan fingerprint density at radius 1 is 1.44 bits per heavy atom. The molecule has 2 rings (SSSR count). The molecule has 0 atom stereocenters. The van der Waals surface area contributed by atoms with Crippen LogP contribution in [0.15, 0.2) is 18.2 Å². The summed E-state index contributed by atoms with van der Waals surface area (Å²) in [6, 6.07) is 3.30. The number of carbonyl (C=O) groups excluding carboxylic acids is 1. The van der Waals surface area contributed by atoms with Crippen molar-refractivity contribution in [2.45, 2.75) is 12.8 Å². The molecule has 5 heteroatoms. The van der Waals surface area contributed by atoms with Crippen molar-refractivity contribution < 1.29 is 19.1 Å². The SMILES string of the molecule is O=C(c1ccc(F)cc1O)N1CCCCO1. The zero-order valence-corrected chi connectivity index (χ0v) is 8.65. The molecule has 1 amide bonds. The van der Waals surface area contributed by atoms with Crippen LogP contribution in [0.3, 0.4) is 0 Å². The molecule has 0 spiro atoms. The first-order valence-corrected chi connectivity index (χ1v) is 5.12. The second kappa shape index (κ2) is 4.49. The van der Waals surface area contributed by atoms with Gasteiger partial charge in [-0.25, -0.2) is 9.45 Å². The van der Waals surface area contributed by atoms with E-state index in [4.69, 9.17) is 4.84 Å². The van der Waals surface area contributed by atoms with Gasteiger partial charge < -0.3 is 5.11 Å². The minimum Gasteiger partial charge on any atom is -0.507 e. The van der Waals surface area contributed by atoms with E-state index in [1.165, 1.54) is 11.1 Å². The van der Waals surface area contributed by atoms with Crippen LogP contribution in [0, 0.1) is 5.82 Å². The highest BCUT2D eigenvalue weighted by atomic mass is 19.1. The number of hydroxylamine groups is 2. The summed E-state index contributed by atoms with van der Waals surface area (Å²) < 4.78 is 12.7. The van der Waals surface area contributed by atoms with Gasteiger partial charge in [0.25, 0.3) is 5.91 Å². The smallest absolute Gasteiger partial charge is 0.281 e. The highest BCUT2D eigenvalue weighted by molar-refractivity contribution is 5.96. The van der Waals surface area contributed by atoms with E-state index in [1.807, 2.05) is 0 Å². The molecule has 1 aromatic carbocycles. The molecular weight excluding hydrogens is 213 g/mol. The van der Waals surface area contributed by atoms with E-state index in [0.29, 0.717) is 13.2 Å². The number of phenolic OH excluding ortho intramolecular Hbond substituents is 1. The number of rotatable bonds is 1. The first kappa shape index (κ1) is 10.9. The number of aromatic hydroxyl groups is 1. The molecular formula is C11H12FNO3. The van der Waals surface area contributed by atoms with E-state index < -0.39 is 11.7 Å². The molecule has 0 saturated carbocycles. The van der Waals surface area contributed by atoms with E-state index in [-0.39, 0.29) is 11.3 Å². The molecule has 0 radical (unpaired) electrons. The third-order valence-corrected chi connectivity index (χ3v) is 2.42. The first-order chi connectivity index (χ1) is 7.68. The molecule has 4 nitrogen and oxygen atoms in total. The number of hydrogen-bond donors (Lipinski definition) is 1. The van der Waals surface area contributed by atoms with E-state index in [0.717, 1.165) is 25.0 Å². The number of halogens is 1. The van der Waals surface area contributed by atoms with Crippen molar-refractivity contribution in [1.29, 1.82) is 0 Å². The molecule has 0 unspecified atom stereocenters. The number of hydrogen-bond acceptors (Lipinski definition) is 3. The predicted molar refractivity (Wildman–Crippen MR) is 54.3 cm³/mol. The third-order valence-electron chi connectivity index (χ3n) is 2.42. The number of phenols is 1. The number of benzene rings is 1. The zero-order chi connectivity index (χ0) is 11.5. The first-order valence-electron chi connectivity index (χ1n) is 5.12. The summed E-state index contributed by atoms with van der Waals surface area (Å²) in [5, 5.41) is 10.7. The molecule has 0 aromatic heterocycles. The van der Waals surface area contributed by atoms with Gasteiger partial charge in [0.1, 0.15) is 11.6 Å². The molecule has 1 aliphatic heterocycles. The summed E-state index contributed by atoms with van der Waals surface area (Å²) in [5.74, 6) is -1.37. The molecule has 1 aromatic rings. The number of carbonyl (C=O) groups is 1. The number of nitrogens with zero attached hydrogens (tertiary/aromatic N) is 1. The lowest BCUT2D eigenvalue weighted by Gasteiger charge is -2.26. The van der Waals surface area contributed by atoms with Crippen LogP contribution in [0.25, 0.3) is 0 Å². The van der Waals surface area contributed by atoms with Crippen molar-refractivity contribution in [2.24, 2.45) is 0 Å². The second-order valence-electron chi connectivity index (χ2n) is 3.61. The largest absolute Gasteiger partial charge is 0.507 e. The maximum Gasteiger partial charge on any atom is 0.281 e. The normalized spacial score (nSPS) is 16.2. The monoisotopic (exact) mass is 225 g/mol. The Hall–Kier alpha value is -1.62. The Balaban J connectivity index is 2.19. The maximum atomic E-state index is 12.7. The Morgan fingerprint density at radius 3 is 2.88 bits per heavy atom. The summed E-state index contributed by atoms with van der Waals surface area (Å²) in [7, 11) is 0. The van der Waals surface area contributed by atoms with Crippen molar-refractivity contribution in [3.63, 3.8) is 0 Å².